The van der Waals surface area contributed by atoms with Crippen LogP contribution in [-0.2, 0) is 13.6 Å². The molecule has 1 aromatic carbocycles. The summed E-state index contributed by atoms with van der Waals surface area (Å²) in [6.45, 7) is -0.0878. The molecule has 0 atom stereocenters. The highest BCUT2D eigenvalue weighted by Gasteiger charge is 2.42. The highest BCUT2D eigenvalue weighted by molar-refractivity contribution is 6.21. The Labute approximate surface area is 153 Å². The number of imide groups is 1. The van der Waals surface area contributed by atoms with Crippen molar-refractivity contribution >= 4 is 17.9 Å². The lowest BCUT2D eigenvalue weighted by Crippen LogP contribution is -2.51. The Morgan fingerprint density at radius 3 is 2.37 bits per heavy atom. The molecule has 0 unspecified atom stereocenters. The summed E-state index contributed by atoms with van der Waals surface area (Å²) in [4.78, 5) is 51.3. The van der Waals surface area contributed by atoms with Crippen molar-refractivity contribution in [2.24, 2.45) is 7.05 Å². The summed E-state index contributed by atoms with van der Waals surface area (Å²) in [7, 11) is 1.74. The lowest BCUT2D eigenvalue weighted by Gasteiger charge is -2.28. The van der Waals surface area contributed by atoms with E-state index in [1.807, 2.05) is 0 Å². The average Bonchev–Trinajstić information content (AvgIpc) is 3.37. The third-order valence-electron chi connectivity index (χ3n) is 4.12. The number of imidazole rings is 2. The zero-order chi connectivity index (χ0) is 19.0. The van der Waals surface area contributed by atoms with Crippen LogP contribution in [0.25, 0.3) is 0 Å². The largest absolute Gasteiger partial charge is 0.454 e. The number of carbonyl (C=O) groups excluding carboxylic acids is 3. The Bertz CT molecular complexity index is 991. The van der Waals surface area contributed by atoms with E-state index in [0.717, 1.165) is 14.7 Å². The van der Waals surface area contributed by atoms with E-state index < -0.39 is 17.9 Å². The number of benzene rings is 1. The van der Waals surface area contributed by atoms with E-state index in [0.29, 0.717) is 5.69 Å². The molecule has 2 aromatic heterocycles. The first-order chi connectivity index (χ1) is 13.1. The van der Waals surface area contributed by atoms with E-state index in [4.69, 9.17) is 4.84 Å². The summed E-state index contributed by atoms with van der Waals surface area (Å²) < 4.78 is 2.76. The standard InChI is InChI=1S/C17H14N6O4/c1-20-10-19-8-12(20)9-22(17(26)27-21-7-6-18-11-21)23-15(24)13-4-2-3-5-14(13)16(23)25/h2-8,10-11H,9H2,1H3. The highest BCUT2D eigenvalue weighted by atomic mass is 16.7. The van der Waals surface area contributed by atoms with Gasteiger partial charge in [-0.15, -0.1) is 0 Å². The average molecular weight is 366 g/mol. The van der Waals surface area contributed by atoms with Crippen LogP contribution in [0.4, 0.5) is 4.79 Å². The Morgan fingerprint density at radius 2 is 1.81 bits per heavy atom. The van der Waals surface area contributed by atoms with Gasteiger partial charge in [0.25, 0.3) is 11.8 Å². The maximum Gasteiger partial charge on any atom is 0.454 e. The third kappa shape index (κ3) is 2.82. The van der Waals surface area contributed by atoms with Crippen molar-refractivity contribution in [1.29, 1.82) is 0 Å². The molecule has 0 saturated carbocycles. The molecule has 10 heteroatoms. The fourth-order valence-corrected chi connectivity index (χ4v) is 2.74. The minimum atomic E-state index is -0.913. The van der Waals surface area contributed by atoms with E-state index in [-0.39, 0.29) is 17.7 Å². The number of hydrazine groups is 1. The van der Waals surface area contributed by atoms with Crippen LogP contribution >= 0.6 is 0 Å². The molecule has 0 spiro atoms. The van der Waals surface area contributed by atoms with Gasteiger partial charge in [-0.25, -0.2) is 19.8 Å². The summed E-state index contributed by atoms with van der Waals surface area (Å²) >= 11 is 0. The second kappa shape index (κ2) is 6.41. The molecule has 0 fully saturated rings. The van der Waals surface area contributed by atoms with Gasteiger partial charge in [-0.3, -0.25) is 9.59 Å². The number of aryl methyl sites for hydroxylation is 1. The predicted molar refractivity (Wildman–Crippen MR) is 89.9 cm³/mol. The van der Waals surface area contributed by atoms with Crippen LogP contribution in [0.2, 0.25) is 0 Å². The van der Waals surface area contributed by atoms with Gasteiger partial charge in [0.15, 0.2) is 0 Å². The molecule has 3 amide bonds. The number of amides is 3. The summed E-state index contributed by atoms with van der Waals surface area (Å²) in [5.74, 6) is -1.19. The van der Waals surface area contributed by atoms with Crippen LogP contribution in [0.1, 0.15) is 26.4 Å². The number of hydrogen-bond donors (Lipinski definition) is 0. The number of aromatic nitrogens is 4. The number of hydrogen-bond acceptors (Lipinski definition) is 6. The maximum atomic E-state index is 12.8. The number of fused-ring (bicyclic) bond motifs is 1. The zero-order valence-corrected chi connectivity index (χ0v) is 14.2. The van der Waals surface area contributed by atoms with Crippen LogP contribution in [0.3, 0.4) is 0 Å². The smallest absolute Gasteiger partial charge is 0.336 e. The van der Waals surface area contributed by atoms with Crippen molar-refractivity contribution in [3.05, 3.63) is 72.3 Å². The SMILES string of the molecule is Cn1cncc1CN(C(=O)On1ccnc1)N1C(=O)c2ccccc2C1=O. The van der Waals surface area contributed by atoms with Crippen LogP contribution in [0.15, 0.2) is 55.5 Å². The summed E-state index contributed by atoms with van der Waals surface area (Å²) in [5.41, 5.74) is 1.06. The highest BCUT2D eigenvalue weighted by Crippen LogP contribution is 2.25. The lowest BCUT2D eigenvalue weighted by atomic mass is 10.1. The first-order valence-electron chi connectivity index (χ1n) is 7.97. The molecular formula is C17H14N6O4. The van der Waals surface area contributed by atoms with Gasteiger partial charge in [0.05, 0.1) is 42.1 Å². The maximum absolute atomic E-state index is 12.8. The summed E-state index contributed by atoms with van der Waals surface area (Å²) in [5, 5.41) is 1.73. The quantitative estimate of drug-likeness (QED) is 0.635. The molecule has 0 N–H and O–H groups in total. The Hall–Kier alpha value is -3.95. The van der Waals surface area contributed by atoms with Crippen LogP contribution in [0, 0.1) is 0 Å². The number of rotatable bonds is 4. The van der Waals surface area contributed by atoms with Crippen molar-refractivity contribution in [3.8, 4) is 0 Å². The zero-order valence-electron chi connectivity index (χ0n) is 14.2. The van der Waals surface area contributed by atoms with Gasteiger partial charge in [-0.05, 0) is 12.1 Å². The third-order valence-corrected chi connectivity index (χ3v) is 4.12. The molecule has 0 radical (unpaired) electrons. The van der Waals surface area contributed by atoms with E-state index >= 15 is 0 Å². The molecule has 1 aliphatic heterocycles. The van der Waals surface area contributed by atoms with Crippen molar-refractivity contribution in [2.45, 2.75) is 6.54 Å². The van der Waals surface area contributed by atoms with Crippen molar-refractivity contribution in [2.75, 3.05) is 0 Å². The fraction of sp³-hybridized carbons (Fsp3) is 0.118. The Balaban J connectivity index is 1.69. The molecule has 1 aliphatic rings. The van der Waals surface area contributed by atoms with Gasteiger partial charge in [0, 0.05) is 13.2 Å². The monoisotopic (exact) mass is 366 g/mol. The van der Waals surface area contributed by atoms with Gasteiger partial charge < -0.3 is 9.40 Å². The van der Waals surface area contributed by atoms with Gasteiger partial charge in [0.2, 0.25) is 0 Å². The van der Waals surface area contributed by atoms with Gasteiger partial charge in [-0.1, -0.05) is 12.1 Å². The topological polar surface area (TPSA) is 103 Å². The van der Waals surface area contributed by atoms with E-state index in [1.165, 1.54) is 24.9 Å². The van der Waals surface area contributed by atoms with Crippen molar-refractivity contribution < 1.29 is 19.2 Å². The van der Waals surface area contributed by atoms with Gasteiger partial charge in [0.1, 0.15) is 6.33 Å². The second-order valence-corrected chi connectivity index (χ2v) is 5.80. The molecular weight excluding hydrogens is 352 g/mol. The van der Waals surface area contributed by atoms with Gasteiger partial charge in [-0.2, -0.15) is 9.74 Å². The Morgan fingerprint density at radius 1 is 1.11 bits per heavy atom. The number of carbonyl (C=O) groups is 3. The molecule has 27 heavy (non-hydrogen) atoms. The van der Waals surface area contributed by atoms with E-state index in [1.54, 1.807) is 42.2 Å². The van der Waals surface area contributed by atoms with Crippen LogP contribution in [-0.4, -0.2) is 47.2 Å². The lowest BCUT2D eigenvalue weighted by molar-refractivity contribution is -0.00867. The molecule has 0 saturated heterocycles. The Kier molecular flexibility index (Phi) is 3.92. The number of nitrogens with zero attached hydrogens (tertiary/aromatic N) is 6. The molecule has 0 aliphatic carbocycles. The van der Waals surface area contributed by atoms with Crippen molar-refractivity contribution in [3.63, 3.8) is 0 Å². The first kappa shape index (κ1) is 16.5. The molecule has 3 heterocycles. The normalized spacial score (nSPS) is 13.0. The molecule has 4 rings (SSSR count). The molecule has 3 aromatic rings. The van der Waals surface area contributed by atoms with E-state index in [9.17, 15) is 14.4 Å². The molecule has 10 nitrogen and oxygen atoms in total. The van der Waals surface area contributed by atoms with Gasteiger partial charge >= 0.3 is 6.09 Å². The summed E-state index contributed by atoms with van der Waals surface area (Å²) in [6.07, 6.45) is 6.31. The fourth-order valence-electron chi connectivity index (χ4n) is 2.74. The predicted octanol–water partition coefficient (Wildman–Crippen LogP) is 0.879. The first-order valence-corrected chi connectivity index (χ1v) is 7.97. The minimum Gasteiger partial charge on any atom is -0.336 e. The molecule has 136 valence electrons. The van der Waals surface area contributed by atoms with Crippen molar-refractivity contribution in [1.82, 2.24) is 29.3 Å². The molecule has 0 bridgehead atoms. The van der Waals surface area contributed by atoms with Crippen LogP contribution in [0.5, 0.6) is 0 Å². The van der Waals surface area contributed by atoms with E-state index in [2.05, 4.69) is 9.97 Å². The second-order valence-electron chi connectivity index (χ2n) is 5.80. The summed E-state index contributed by atoms with van der Waals surface area (Å²) in [6, 6.07) is 6.39. The van der Waals surface area contributed by atoms with Crippen LogP contribution < -0.4 is 4.84 Å². The minimum absolute atomic E-state index is 0.0878.